The number of benzene rings is 3. The predicted molar refractivity (Wildman–Crippen MR) is 101 cm³/mol. The van der Waals surface area contributed by atoms with Crippen LogP contribution < -0.4 is 10.1 Å². The van der Waals surface area contributed by atoms with Gasteiger partial charge in [0.05, 0.1) is 0 Å². The van der Waals surface area contributed by atoms with E-state index in [1.807, 2.05) is 42.5 Å². The van der Waals surface area contributed by atoms with E-state index in [-0.39, 0.29) is 18.7 Å². The second kappa shape index (κ2) is 8.16. The smallest absolute Gasteiger partial charge is 0.303 e. The predicted octanol–water partition coefficient (Wildman–Crippen LogP) is 4.83. The molecule has 0 aliphatic heterocycles. The highest BCUT2D eigenvalue weighted by Crippen LogP contribution is 2.26. The van der Waals surface area contributed by atoms with E-state index < -0.39 is 5.97 Å². The first-order valence-corrected chi connectivity index (χ1v) is 8.38. The summed E-state index contributed by atoms with van der Waals surface area (Å²) < 4.78 is 5.86. The van der Waals surface area contributed by atoms with E-state index in [1.165, 1.54) is 0 Å². The van der Waals surface area contributed by atoms with Gasteiger partial charge in [-0.05, 0) is 53.6 Å². The number of amides is 1. The average Bonchev–Trinajstić information content (AvgIpc) is 2.63. The first-order chi connectivity index (χ1) is 12.6. The van der Waals surface area contributed by atoms with Gasteiger partial charge in [0.25, 0.3) is 0 Å². The number of hydrogen-bond donors (Lipinski definition) is 2. The molecule has 0 saturated carbocycles. The average molecular weight is 349 g/mol. The van der Waals surface area contributed by atoms with E-state index in [0.717, 1.165) is 16.5 Å². The number of hydrogen-bond acceptors (Lipinski definition) is 3. The SMILES string of the molecule is O=C(O)CCCC(=O)Nc1ccc(Oc2ccc3ccccc3c2)cc1. The van der Waals surface area contributed by atoms with Crippen LogP contribution in [0.25, 0.3) is 10.8 Å². The molecule has 0 spiro atoms. The summed E-state index contributed by atoms with van der Waals surface area (Å²) in [5.74, 6) is 0.320. The Morgan fingerprint density at radius 3 is 2.27 bits per heavy atom. The summed E-state index contributed by atoms with van der Waals surface area (Å²) in [5.41, 5.74) is 0.649. The van der Waals surface area contributed by atoms with Crippen LogP contribution in [0.15, 0.2) is 66.7 Å². The minimum atomic E-state index is -0.895. The molecule has 26 heavy (non-hydrogen) atoms. The zero-order chi connectivity index (χ0) is 18.4. The van der Waals surface area contributed by atoms with Crippen molar-refractivity contribution in [1.29, 1.82) is 0 Å². The molecule has 0 heterocycles. The Bertz CT molecular complexity index is 919. The largest absolute Gasteiger partial charge is 0.481 e. The van der Waals surface area contributed by atoms with Crippen LogP contribution >= 0.6 is 0 Å². The Kier molecular flexibility index (Phi) is 5.49. The van der Waals surface area contributed by atoms with E-state index in [1.54, 1.807) is 24.3 Å². The molecule has 0 unspecified atom stereocenters. The lowest BCUT2D eigenvalue weighted by atomic mass is 10.1. The summed E-state index contributed by atoms with van der Waals surface area (Å²) in [7, 11) is 0. The van der Waals surface area contributed by atoms with Gasteiger partial charge in [-0.2, -0.15) is 0 Å². The molecule has 2 N–H and O–H groups in total. The van der Waals surface area contributed by atoms with Crippen molar-refractivity contribution in [3.63, 3.8) is 0 Å². The normalized spacial score (nSPS) is 10.5. The van der Waals surface area contributed by atoms with Gasteiger partial charge in [-0.15, -0.1) is 0 Å². The number of carbonyl (C=O) groups is 2. The van der Waals surface area contributed by atoms with Crippen LogP contribution in [0, 0.1) is 0 Å². The van der Waals surface area contributed by atoms with Crippen LogP contribution in [0.4, 0.5) is 5.69 Å². The third-order valence-corrected chi connectivity index (χ3v) is 3.89. The molecule has 3 rings (SSSR count). The Balaban J connectivity index is 1.58. The van der Waals surface area contributed by atoms with E-state index in [0.29, 0.717) is 17.9 Å². The molecule has 1 amide bonds. The zero-order valence-electron chi connectivity index (χ0n) is 14.1. The van der Waals surface area contributed by atoms with Crippen LogP contribution in [0.3, 0.4) is 0 Å². The van der Waals surface area contributed by atoms with E-state index in [2.05, 4.69) is 5.32 Å². The zero-order valence-corrected chi connectivity index (χ0v) is 14.1. The summed E-state index contributed by atoms with van der Waals surface area (Å²) in [6.07, 6.45) is 0.498. The molecule has 132 valence electrons. The summed E-state index contributed by atoms with van der Waals surface area (Å²) in [6, 6.07) is 21.0. The number of ether oxygens (including phenoxy) is 1. The van der Waals surface area contributed by atoms with Crippen molar-refractivity contribution in [3.05, 3.63) is 66.7 Å². The Morgan fingerprint density at radius 2 is 1.54 bits per heavy atom. The Labute approximate surface area is 151 Å². The van der Waals surface area contributed by atoms with Crippen LogP contribution in [-0.2, 0) is 9.59 Å². The lowest BCUT2D eigenvalue weighted by Gasteiger charge is -2.09. The molecule has 0 aliphatic rings. The fourth-order valence-electron chi connectivity index (χ4n) is 2.60. The Morgan fingerprint density at radius 1 is 0.846 bits per heavy atom. The van der Waals surface area contributed by atoms with Gasteiger partial charge in [0, 0.05) is 18.5 Å². The number of aliphatic carboxylic acids is 1. The van der Waals surface area contributed by atoms with Gasteiger partial charge in [0.2, 0.25) is 5.91 Å². The van der Waals surface area contributed by atoms with Gasteiger partial charge in [0.15, 0.2) is 0 Å². The fourth-order valence-corrected chi connectivity index (χ4v) is 2.60. The van der Waals surface area contributed by atoms with Crippen molar-refractivity contribution in [2.45, 2.75) is 19.3 Å². The monoisotopic (exact) mass is 349 g/mol. The third kappa shape index (κ3) is 4.83. The van der Waals surface area contributed by atoms with Crippen LogP contribution in [0.2, 0.25) is 0 Å². The van der Waals surface area contributed by atoms with Crippen molar-refractivity contribution in [2.24, 2.45) is 0 Å². The summed E-state index contributed by atoms with van der Waals surface area (Å²) in [4.78, 5) is 22.2. The quantitative estimate of drug-likeness (QED) is 0.641. The number of carboxylic acids is 1. The summed E-state index contributed by atoms with van der Waals surface area (Å²) >= 11 is 0. The molecule has 0 aliphatic carbocycles. The van der Waals surface area contributed by atoms with Gasteiger partial charge >= 0.3 is 5.97 Å². The highest BCUT2D eigenvalue weighted by molar-refractivity contribution is 5.91. The number of carbonyl (C=O) groups excluding carboxylic acids is 1. The van der Waals surface area contributed by atoms with E-state index >= 15 is 0 Å². The molecule has 3 aromatic carbocycles. The molecule has 5 heteroatoms. The molecule has 3 aromatic rings. The second-order valence-electron chi connectivity index (χ2n) is 5.93. The van der Waals surface area contributed by atoms with Crippen molar-refractivity contribution in [1.82, 2.24) is 0 Å². The van der Waals surface area contributed by atoms with Crippen LogP contribution in [0.1, 0.15) is 19.3 Å². The van der Waals surface area contributed by atoms with Crippen molar-refractivity contribution < 1.29 is 19.4 Å². The third-order valence-electron chi connectivity index (χ3n) is 3.89. The van der Waals surface area contributed by atoms with Gasteiger partial charge in [0.1, 0.15) is 11.5 Å². The van der Waals surface area contributed by atoms with Gasteiger partial charge in [-0.3, -0.25) is 9.59 Å². The van der Waals surface area contributed by atoms with Gasteiger partial charge in [-0.25, -0.2) is 0 Å². The molecule has 0 aromatic heterocycles. The summed E-state index contributed by atoms with van der Waals surface area (Å²) in [6.45, 7) is 0. The molecule has 0 fully saturated rings. The molecule has 0 radical (unpaired) electrons. The lowest BCUT2D eigenvalue weighted by molar-refractivity contribution is -0.137. The number of fused-ring (bicyclic) bond motifs is 1. The minimum absolute atomic E-state index is 0.00798. The van der Waals surface area contributed by atoms with Gasteiger partial charge < -0.3 is 15.2 Å². The van der Waals surface area contributed by atoms with Crippen molar-refractivity contribution >= 4 is 28.3 Å². The number of anilines is 1. The first-order valence-electron chi connectivity index (χ1n) is 8.38. The van der Waals surface area contributed by atoms with Crippen molar-refractivity contribution in [3.8, 4) is 11.5 Å². The fraction of sp³-hybridized carbons (Fsp3) is 0.143. The Hall–Kier alpha value is -3.34. The molecule has 5 nitrogen and oxygen atoms in total. The van der Waals surface area contributed by atoms with Gasteiger partial charge in [-0.1, -0.05) is 30.3 Å². The maximum atomic E-state index is 11.8. The second-order valence-corrected chi connectivity index (χ2v) is 5.93. The summed E-state index contributed by atoms with van der Waals surface area (Å²) in [5, 5.41) is 13.6. The number of carboxylic acid groups (broad SMARTS) is 1. The minimum Gasteiger partial charge on any atom is -0.481 e. The first kappa shape index (κ1) is 17.5. The number of nitrogens with one attached hydrogen (secondary N) is 1. The highest BCUT2D eigenvalue weighted by atomic mass is 16.5. The molecule has 0 saturated heterocycles. The highest BCUT2D eigenvalue weighted by Gasteiger charge is 2.05. The molecule has 0 atom stereocenters. The maximum absolute atomic E-state index is 11.8. The lowest BCUT2D eigenvalue weighted by Crippen LogP contribution is -2.11. The van der Waals surface area contributed by atoms with E-state index in [9.17, 15) is 9.59 Å². The van der Waals surface area contributed by atoms with Crippen LogP contribution in [-0.4, -0.2) is 17.0 Å². The number of rotatable bonds is 7. The topological polar surface area (TPSA) is 75.6 Å². The maximum Gasteiger partial charge on any atom is 0.303 e. The molecular formula is C21H19NO4. The molecule has 0 bridgehead atoms. The molecular weight excluding hydrogens is 330 g/mol. The van der Waals surface area contributed by atoms with E-state index in [4.69, 9.17) is 9.84 Å². The van der Waals surface area contributed by atoms with Crippen molar-refractivity contribution in [2.75, 3.05) is 5.32 Å². The standard InChI is InChI=1S/C21H19NO4/c23-20(6-3-7-21(24)25)22-17-9-12-18(13-10-17)26-19-11-8-15-4-1-2-5-16(15)14-19/h1-2,4-5,8-14H,3,6-7H2,(H,22,23)(H,24,25). The van der Waals surface area contributed by atoms with Crippen LogP contribution in [0.5, 0.6) is 11.5 Å².